The van der Waals surface area contributed by atoms with Crippen molar-refractivity contribution >= 4 is 14.3 Å². The lowest BCUT2D eigenvalue weighted by Gasteiger charge is -2.46. The first-order chi connectivity index (χ1) is 9.90. The van der Waals surface area contributed by atoms with Crippen molar-refractivity contribution in [1.82, 2.24) is 0 Å². The van der Waals surface area contributed by atoms with Gasteiger partial charge in [0.2, 0.25) is 0 Å². The molecule has 0 saturated carbocycles. The van der Waals surface area contributed by atoms with Crippen LogP contribution in [0.2, 0.25) is 18.1 Å². The van der Waals surface area contributed by atoms with E-state index < -0.39 is 26.6 Å². The first-order valence-corrected chi connectivity index (χ1v) is 10.9. The summed E-state index contributed by atoms with van der Waals surface area (Å²) in [4.78, 5) is 11.8. The van der Waals surface area contributed by atoms with Crippen molar-refractivity contribution in [3.05, 3.63) is 0 Å². The molecule has 6 heteroatoms. The monoisotopic (exact) mass is 332 g/mol. The summed E-state index contributed by atoms with van der Waals surface area (Å²) in [6, 6.07) is 0. The summed E-state index contributed by atoms with van der Waals surface area (Å²) >= 11 is 0. The summed E-state index contributed by atoms with van der Waals surface area (Å²) in [5, 5.41) is 10.1. The molecule has 0 aromatic rings. The SMILES string of the molecule is COC(=O)[C@H](C)[C@@H]1OC(O)C[C@H](O[Si](C)(C)C(C)(C)C)[C@H]1C. The van der Waals surface area contributed by atoms with Gasteiger partial charge >= 0.3 is 5.97 Å². The summed E-state index contributed by atoms with van der Waals surface area (Å²) in [7, 11) is -0.579. The average Bonchev–Trinajstić information content (AvgIpc) is 2.39. The molecule has 5 atom stereocenters. The topological polar surface area (TPSA) is 65.0 Å². The lowest BCUT2D eigenvalue weighted by Crippen LogP contribution is -2.53. The fourth-order valence-corrected chi connectivity index (χ4v) is 4.01. The second-order valence-electron chi connectivity index (χ2n) is 7.88. The first-order valence-electron chi connectivity index (χ1n) is 8.00. The Morgan fingerprint density at radius 3 is 2.36 bits per heavy atom. The number of hydrogen-bond donors (Lipinski definition) is 1. The minimum absolute atomic E-state index is 0.0200. The van der Waals surface area contributed by atoms with Crippen LogP contribution in [0.3, 0.4) is 0 Å². The van der Waals surface area contributed by atoms with E-state index in [-0.39, 0.29) is 23.0 Å². The lowest BCUT2D eigenvalue weighted by molar-refractivity contribution is -0.223. The quantitative estimate of drug-likeness (QED) is 0.633. The Bertz CT molecular complexity index is 390. The third-order valence-electron chi connectivity index (χ3n) is 5.17. The normalized spacial score (nSPS) is 31.7. The van der Waals surface area contributed by atoms with Crippen LogP contribution >= 0.6 is 0 Å². The number of esters is 1. The minimum Gasteiger partial charge on any atom is -0.469 e. The second kappa shape index (κ2) is 6.99. The molecule has 1 N–H and O–H groups in total. The molecule has 0 radical (unpaired) electrons. The van der Waals surface area contributed by atoms with Crippen LogP contribution < -0.4 is 0 Å². The summed E-state index contributed by atoms with van der Waals surface area (Å²) < 4.78 is 16.9. The summed E-state index contributed by atoms with van der Waals surface area (Å²) in [5.41, 5.74) is 0. The van der Waals surface area contributed by atoms with Gasteiger partial charge in [0, 0.05) is 12.3 Å². The molecule has 1 aliphatic rings. The van der Waals surface area contributed by atoms with Gasteiger partial charge in [0.25, 0.3) is 0 Å². The lowest BCUT2D eigenvalue weighted by atomic mass is 9.85. The Morgan fingerprint density at radius 2 is 1.91 bits per heavy atom. The van der Waals surface area contributed by atoms with Crippen molar-refractivity contribution in [3.63, 3.8) is 0 Å². The molecular weight excluding hydrogens is 300 g/mol. The molecule has 0 amide bonds. The van der Waals surface area contributed by atoms with Crippen LogP contribution in [0.15, 0.2) is 0 Å². The number of ether oxygens (including phenoxy) is 2. The molecule has 1 saturated heterocycles. The Balaban J connectivity index is 2.90. The number of carbonyl (C=O) groups excluding carboxylic acids is 1. The molecule has 0 aromatic heterocycles. The number of methoxy groups -OCH3 is 1. The Labute approximate surface area is 135 Å². The second-order valence-corrected chi connectivity index (χ2v) is 12.6. The van der Waals surface area contributed by atoms with Gasteiger partial charge in [0.15, 0.2) is 14.6 Å². The maximum Gasteiger partial charge on any atom is 0.311 e. The zero-order chi connectivity index (χ0) is 17.3. The van der Waals surface area contributed by atoms with E-state index in [1.54, 1.807) is 6.92 Å². The molecular formula is C16H32O5Si. The molecule has 130 valence electrons. The van der Waals surface area contributed by atoms with Crippen molar-refractivity contribution in [3.8, 4) is 0 Å². The molecule has 1 aliphatic heterocycles. The number of rotatable bonds is 4. The van der Waals surface area contributed by atoms with Crippen molar-refractivity contribution in [1.29, 1.82) is 0 Å². The summed E-state index contributed by atoms with van der Waals surface area (Å²) in [5.74, 6) is -0.732. The van der Waals surface area contributed by atoms with Crippen LogP contribution in [0.1, 0.15) is 41.0 Å². The van der Waals surface area contributed by atoms with Gasteiger partial charge < -0.3 is 19.0 Å². The first kappa shape index (κ1) is 19.6. The number of carbonyl (C=O) groups is 1. The molecule has 1 fully saturated rings. The van der Waals surface area contributed by atoms with Crippen molar-refractivity contribution in [2.24, 2.45) is 11.8 Å². The standard InChI is InChI=1S/C16H32O5Si/c1-10-12(21-22(7,8)16(3,4)5)9-13(17)20-14(10)11(2)15(18)19-6/h10-14,17H,9H2,1-8H3/t10-,11-,12+,13?,14-/m1/s1. The fourth-order valence-electron chi connectivity index (χ4n) is 2.59. The number of hydrogen-bond acceptors (Lipinski definition) is 5. The minimum atomic E-state index is -1.95. The zero-order valence-corrected chi connectivity index (χ0v) is 16.2. The molecule has 1 rings (SSSR count). The van der Waals surface area contributed by atoms with E-state index in [4.69, 9.17) is 13.9 Å². The molecule has 22 heavy (non-hydrogen) atoms. The molecule has 5 nitrogen and oxygen atoms in total. The van der Waals surface area contributed by atoms with Crippen molar-refractivity contribution < 1.29 is 23.8 Å². The molecule has 1 heterocycles. The molecule has 0 aliphatic carbocycles. The highest BCUT2D eigenvalue weighted by Crippen LogP contribution is 2.41. The average molecular weight is 333 g/mol. The smallest absolute Gasteiger partial charge is 0.311 e. The Hall–Kier alpha value is -0.433. The third kappa shape index (κ3) is 4.31. The highest BCUT2D eigenvalue weighted by molar-refractivity contribution is 6.74. The van der Waals surface area contributed by atoms with E-state index in [2.05, 4.69) is 33.9 Å². The highest BCUT2D eigenvalue weighted by Gasteiger charge is 2.46. The Morgan fingerprint density at radius 1 is 1.36 bits per heavy atom. The summed E-state index contributed by atoms with van der Waals surface area (Å²) in [6.45, 7) is 14.7. The largest absolute Gasteiger partial charge is 0.469 e. The van der Waals surface area contributed by atoms with Gasteiger partial charge in [0.1, 0.15) is 0 Å². The molecule has 0 bridgehead atoms. The van der Waals surface area contributed by atoms with Gasteiger partial charge in [-0.1, -0.05) is 27.7 Å². The fraction of sp³-hybridized carbons (Fsp3) is 0.938. The predicted octanol–water partition coefficient (Wildman–Crippen LogP) is 2.93. The van der Waals surface area contributed by atoms with Crippen LogP contribution in [-0.2, 0) is 18.7 Å². The van der Waals surface area contributed by atoms with Gasteiger partial charge in [-0.25, -0.2) is 0 Å². The maximum atomic E-state index is 11.8. The van der Waals surface area contributed by atoms with Crippen molar-refractivity contribution in [2.75, 3.05) is 7.11 Å². The van der Waals surface area contributed by atoms with Gasteiger partial charge in [0.05, 0.1) is 25.2 Å². The molecule has 0 aromatic carbocycles. The van der Waals surface area contributed by atoms with Crippen LogP contribution in [0, 0.1) is 11.8 Å². The van der Waals surface area contributed by atoms with Crippen LogP contribution in [0.4, 0.5) is 0 Å². The van der Waals surface area contributed by atoms with Crippen LogP contribution in [0.25, 0.3) is 0 Å². The highest BCUT2D eigenvalue weighted by atomic mass is 28.4. The number of aliphatic hydroxyl groups excluding tert-OH is 1. The van der Waals surface area contributed by atoms with Crippen LogP contribution in [0.5, 0.6) is 0 Å². The Kier molecular flexibility index (Phi) is 6.23. The van der Waals surface area contributed by atoms with Gasteiger partial charge in [-0.3, -0.25) is 4.79 Å². The van der Waals surface area contributed by atoms with E-state index in [0.29, 0.717) is 6.42 Å². The van der Waals surface area contributed by atoms with E-state index in [1.165, 1.54) is 7.11 Å². The van der Waals surface area contributed by atoms with Crippen molar-refractivity contribution in [2.45, 2.75) is 77.7 Å². The predicted molar refractivity (Wildman–Crippen MR) is 87.9 cm³/mol. The molecule has 0 spiro atoms. The van der Waals surface area contributed by atoms with Gasteiger partial charge in [-0.2, -0.15) is 0 Å². The van der Waals surface area contributed by atoms with Gasteiger partial charge in [-0.15, -0.1) is 0 Å². The number of aliphatic hydroxyl groups is 1. The van der Waals surface area contributed by atoms with E-state index in [9.17, 15) is 9.90 Å². The zero-order valence-electron chi connectivity index (χ0n) is 15.2. The maximum absolute atomic E-state index is 11.8. The van der Waals surface area contributed by atoms with Gasteiger partial charge in [-0.05, 0) is 25.1 Å². The molecule has 1 unspecified atom stereocenters. The van der Waals surface area contributed by atoms with E-state index >= 15 is 0 Å². The van der Waals surface area contributed by atoms with Crippen LogP contribution in [-0.4, -0.2) is 45.0 Å². The van der Waals surface area contributed by atoms with E-state index in [0.717, 1.165) is 0 Å². The third-order valence-corrected chi connectivity index (χ3v) is 9.68. The van der Waals surface area contributed by atoms with E-state index in [1.807, 2.05) is 6.92 Å². The summed E-state index contributed by atoms with van der Waals surface area (Å²) in [6.07, 6.45) is -0.964.